The van der Waals surface area contributed by atoms with Crippen molar-refractivity contribution in [1.82, 2.24) is 19.7 Å². The molecule has 0 saturated heterocycles. The van der Waals surface area contributed by atoms with Crippen LogP contribution in [0.3, 0.4) is 0 Å². The topological polar surface area (TPSA) is 67.8 Å². The monoisotopic (exact) mass is 447 g/mol. The van der Waals surface area contributed by atoms with E-state index in [0.717, 1.165) is 5.69 Å². The molecule has 0 saturated carbocycles. The summed E-state index contributed by atoms with van der Waals surface area (Å²) in [5, 5.41) is 12.7. The Morgan fingerprint density at radius 1 is 1.18 bits per heavy atom. The van der Waals surface area contributed by atoms with E-state index in [9.17, 15) is 4.39 Å². The molecule has 2 aromatic heterocycles. The molecule has 1 aliphatic rings. The molecule has 0 atom stereocenters. The van der Waals surface area contributed by atoms with Gasteiger partial charge in [-0.1, -0.05) is 5.92 Å². The van der Waals surface area contributed by atoms with E-state index in [-0.39, 0.29) is 6.61 Å². The van der Waals surface area contributed by atoms with Crippen molar-refractivity contribution in [3.05, 3.63) is 58.8 Å². The zero-order chi connectivity index (χ0) is 23.5. The van der Waals surface area contributed by atoms with Crippen molar-refractivity contribution >= 4 is 16.6 Å². The maximum atomic E-state index is 15.7. The predicted octanol–water partition coefficient (Wildman–Crippen LogP) is 5.18. The van der Waals surface area contributed by atoms with Gasteiger partial charge in [0.25, 0.3) is 0 Å². The number of halogens is 2. The summed E-state index contributed by atoms with van der Waals surface area (Å²) >= 11 is 0. The van der Waals surface area contributed by atoms with Gasteiger partial charge in [0, 0.05) is 35.4 Å². The molecule has 2 aromatic carbocycles. The van der Waals surface area contributed by atoms with E-state index in [2.05, 4.69) is 32.3 Å². The van der Waals surface area contributed by atoms with Crippen LogP contribution in [0.15, 0.2) is 24.4 Å². The van der Waals surface area contributed by atoms with E-state index < -0.39 is 17.2 Å². The van der Waals surface area contributed by atoms with Crippen LogP contribution in [0.5, 0.6) is 0 Å². The smallest absolute Gasteiger partial charge is 0.163 e. The molecule has 2 N–H and O–H groups in total. The largest absolute Gasteiger partial charge is 0.377 e. The Labute approximate surface area is 190 Å². The molecule has 0 fully saturated rings. The van der Waals surface area contributed by atoms with Gasteiger partial charge in [-0.15, -0.1) is 16.1 Å². The summed E-state index contributed by atoms with van der Waals surface area (Å²) in [6.45, 7) is 7.70. The number of methoxy groups -OCH3 is 1. The second kappa shape index (κ2) is 7.42. The fourth-order valence-corrected chi connectivity index (χ4v) is 4.68. The molecule has 168 valence electrons. The highest BCUT2D eigenvalue weighted by atomic mass is 19.1. The second-order valence-corrected chi connectivity index (χ2v) is 8.67. The summed E-state index contributed by atoms with van der Waals surface area (Å²) in [4.78, 5) is 3.16. The van der Waals surface area contributed by atoms with Gasteiger partial charge in [0.05, 0.1) is 22.4 Å². The van der Waals surface area contributed by atoms with Crippen LogP contribution in [-0.4, -0.2) is 26.9 Å². The van der Waals surface area contributed by atoms with Gasteiger partial charge in [0.15, 0.2) is 11.6 Å². The molecule has 1 aliphatic heterocycles. The molecule has 0 amide bonds. The minimum atomic E-state index is -0.578. The Morgan fingerprint density at radius 3 is 2.70 bits per heavy atom. The Kier molecular flexibility index (Phi) is 4.76. The number of fused-ring (bicyclic) bond motifs is 4. The lowest BCUT2D eigenvalue weighted by Crippen LogP contribution is -2.36. The first-order chi connectivity index (χ1) is 15.8. The first-order valence-electron chi connectivity index (χ1n) is 10.6. The van der Waals surface area contributed by atoms with Gasteiger partial charge in [-0.25, -0.2) is 8.78 Å². The molecule has 0 radical (unpaired) electrons. The summed E-state index contributed by atoms with van der Waals surface area (Å²) < 4.78 is 37.6. The lowest BCUT2D eigenvalue weighted by Gasteiger charge is -2.35. The van der Waals surface area contributed by atoms with Crippen molar-refractivity contribution in [2.45, 2.75) is 39.8 Å². The van der Waals surface area contributed by atoms with Crippen LogP contribution >= 0.6 is 0 Å². The van der Waals surface area contributed by atoms with E-state index in [0.29, 0.717) is 50.5 Å². The molecule has 0 aliphatic carbocycles. The number of H-pyrrole nitrogens is 1. The third-order valence-corrected chi connectivity index (χ3v) is 6.01. The quantitative estimate of drug-likeness (QED) is 0.425. The molecule has 3 heterocycles. The molecule has 0 unspecified atom stereocenters. The van der Waals surface area contributed by atoms with Crippen LogP contribution in [0.2, 0.25) is 0 Å². The number of nitrogens with one attached hydrogen (secondary N) is 2. The number of aromatic amines is 1. The first-order valence-corrected chi connectivity index (χ1v) is 10.6. The summed E-state index contributed by atoms with van der Waals surface area (Å²) in [5.41, 5.74) is 3.41. The van der Waals surface area contributed by atoms with Crippen molar-refractivity contribution in [1.29, 1.82) is 0 Å². The van der Waals surface area contributed by atoms with Gasteiger partial charge in [-0.3, -0.25) is 4.57 Å². The van der Waals surface area contributed by atoms with Gasteiger partial charge < -0.3 is 15.0 Å². The van der Waals surface area contributed by atoms with Crippen LogP contribution in [0.4, 0.5) is 14.5 Å². The van der Waals surface area contributed by atoms with E-state index in [1.165, 1.54) is 18.2 Å². The highest BCUT2D eigenvalue weighted by molar-refractivity contribution is 5.99. The van der Waals surface area contributed by atoms with Crippen molar-refractivity contribution in [2.75, 3.05) is 12.4 Å². The number of anilines is 1. The molecule has 6 nitrogen and oxygen atoms in total. The average Bonchev–Trinajstić information content (AvgIpc) is 3.33. The van der Waals surface area contributed by atoms with E-state index in [1.54, 1.807) is 20.2 Å². The van der Waals surface area contributed by atoms with Crippen LogP contribution in [0.25, 0.3) is 27.7 Å². The lowest BCUT2D eigenvalue weighted by atomic mass is 9.92. The van der Waals surface area contributed by atoms with Crippen LogP contribution in [0, 0.1) is 30.4 Å². The highest BCUT2D eigenvalue weighted by Crippen LogP contribution is 2.44. The molecular weight excluding hydrogens is 424 g/mol. The van der Waals surface area contributed by atoms with Gasteiger partial charge in [0.1, 0.15) is 18.2 Å². The Balaban J connectivity index is 1.84. The highest BCUT2D eigenvalue weighted by Gasteiger charge is 2.37. The molecule has 33 heavy (non-hydrogen) atoms. The summed E-state index contributed by atoms with van der Waals surface area (Å²) in [6.07, 6.45) is 1.72. The molecule has 8 heteroatoms. The fraction of sp³-hybridized carbons (Fsp3) is 0.280. The summed E-state index contributed by atoms with van der Waals surface area (Å²) in [7, 11) is 1.59. The van der Waals surface area contributed by atoms with Crippen LogP contribution in [0.1, 0.15) is 43.5 Å². The Morgan fingerprint density at radius 2 is 1.97 bits per heavy atom. The van der Waals surface area contributed by atoms with E-state index in [4.69, 9.17) is 4.74 Å². The second-order valence-electron chi connectivity index (χ2n) is 8.67. The number of ether oxygens (including phenoxy) is 1. The number of hydrogen-bond acceptors (Lipinski definition) is 4. The SMILES string of the molecule is CC#Cc1c[nH]c2c(-c3c(F)cc4c(c3C)-n3c(COC)nnc3C(C)(C)N4)cc(F)cc12. The summed E-state index contributed by atoms with van der Waals surface area (Å²) in [5.74, 6) is 6.18. The minimum absolute atomic E-state index is 0.245. The Bertz CT molecular complexity index is 1490. The number of hydrogen-bond donors (Lipinski definition) is 2. The molecule has 0 bridgehead atoms. The number of nitrogens with zero attached hydrogens (tertiary/aromatic N) is 3. The van der Waals surface area contributed by atoms with Gasteiger partial charge in [-0.2, -0.15) is 0 Å². The third kappa shape index (κ3) is 3.11. The van der Waals surface area contributed by atoms with Gasteiger partial charge in [0.2, 0.25) is 0 Å². The van der Waals surface area contributed by atoms with E-state index >= 15 is 4.39 Å². The summed E-state index contributed by atoms with van der Waals surface area (Å²) in [6, 6.07) is 4.22. The fourth-order valence-electron chi connectivity index (χ4n) is 4.68. The zero-order valence-corrected chi connectivity index (χ0v) is 19.0. The van der Waals surface area contributed by atoms with Crippen molar-refractivity contribution in [3.63, 3.8) is 0 Å². The van der Waals surface area contributed by atoms with E-state index in [1.807, 2.05) is 25.3 Å². The van der Waals surface area contributed by atoms with Crippen LogP contribution in [-0.2, 0) is 16.9 Å². The van der Waals surface area contributed by atoms with Gasteiger partial charge >= 0.3 is 0 Å². The maximum Gasteiger partial charge on any atom is 0.163 e. The molecule has 5 rings (SSSR count). The standard InChI is InChI=1S/C25H23F2N5O/c1-6-7-14-11-28-22-16(14)8-15(26)9-17(22)21-13(2)23-19(10-18(21)27)29-25(3,4)24-31-30-20(12-33-5)32(23)24/h8-11,28-29H,12H2,1-5H3. The first kappa shape index (κ1) is 21.2. The number of rotatable bonds is 3. The van der Waals surface area contributed by atoms with Gasteiger partial charge in [-0.05, 0) is 51.5 Å². The van der Waals surface area contributed by atoms with Crippen molar-refractivity contribution in [3.8, 4) is 28.7 Å². The lowest BCUT2D eigenvalue weighted by molar-refractivity contribution is 0.176. The molecular formula is C25H23F2N5O. The van der Waals surface area contributed by atoms with Crippen LogP contribution < -0.4 is 5.32 Å². The third-order valence-electron chi connectivity index (χ3n) is 6.01. The maximum absolute atomic E-state index is 15.7. The molecule has 4 aromatic rings. The van der Waals surface area contributed by atoms with Crippen molar-refractivity contribution in [2.24, 2.45) is 0 Å². The predicted molar refractivity (Wildman–Crippen MR) is 123 cm³/mol. The zero-order valence-electron chi connectivity index (χ0n) is 19.0. The minimum Gasteiger partial charge on any atom is -0.377 e. The molecule has 0 spiro atoms. The Hall–Kier alpha value is -3.70. The average molecular weight is 447 g/mol. The number of benzene rings is 2. The number of aromatic nitrogens is 4. The van der Waals surface area contributed by atoms with Crippen molar-refractivity contribution < 1.29 is 13.5 Å². The normalized spacial score (nSPS) is 13.8.